The summed E-state index contributed by atoms with van der Waals surface area (Å²) in [5.74, 6) is 0.161. The second-order valence-electron chi connectivity index (χ2n) is 9.47. The van der Waals surface area contributed by atoms with Crippen molar-refractivity contribution in [3.63, 3.8) is 0 Å². The predicted molar refractivity (Wildman–Crippen MR) is 131 cm³/mol. The maximum Gasteiger partial charge on any atom is 0.275 e. The summed E-state index contributed by atoms with van der Waals surface area (Å²) in [6.45, 7) is 6.44. The summed E-state index contributed by atoms with van der Waals surface area (Å²) in [7, 11) is 0. The van der Waals surface area contributed by atoms with Gasteiger partial charge in [0.15, 0.2) is 0 Å². The smallest absolute Gasteiger partial charge is 0.275 e. The Labute approximate surface area is 197 Å². The van der Waals surface area contributed by atoms with Gasteiger partial charge in [-0.25, -0.2) is 0 Å². The first kappa shape index (κ1) is 21.5. The number of hydrogen-bond acceptors (Lipinski definition) is 3. The molecule has 3 heterocycles. The fraction of sp³-hybridized carbons (Fsp3) is 0.440. The van der Waals surface area contributed by atoms with Crippen LogP contribution in [-0.2, 0) is 11.3 Å². The number of halogens is 1. The number of anilines is 1. The van der Waals surface area contributed by atoms with Gasteiger partial charge in [0.1, 0.15) is 11.2 Å². The number of fused-ring (bicyclic) bond motifs is 3. The van der Waals surface area contributed by atoms with Gasteiger partial charge in [-0.05, 0) is 67.8 Å². The highest BCUT2D eigenvalue weighted by molar-refractivity contribution is 7.17. The zero-order chi connectivity index (χ0) is 22.6. The van der Waals surface area contributed by atoms with Crippen LogP contribution >= 0.6 is 22.9 Å². The molecule has 32 heavy (non-hydrogen) atoms. The van der Waals surface area contributed by atoms with E-state index < -0.39 is 5.54 Å². The van der Waals surface area contributed by atoms with Crippen LogP contribution in [0.5, 0.6) is 0 Å². The SMILES string of the molecule is Cc1ccc(Cl)cc1N1C(=O)c2cc3sccc3n2C[C@]1(C)C(=O)N[C@H]1CCCC[C@H]1C. The van der Waals surface area contributed by atoms with E-state index in [9.17, 15) is 9.59 Å². The lowest BCUT2D eigenvalue weighted by Gasteiger charge is -2.45. The van der Waals surface area contributed by atoms with Crippen molar-refractivity contribution in [2.75, 3.05) is 4.90 Å². The molecule has 0 spiro atoms. The van der Waals surface area contributed by atoms with Gasteiger partial charge < -0.3 is 9.88 Å². The van der Waals surface area contributed by atoms with Crippen molar-refractivity contribution in [1.29, 1.82) is 0 Å². The van der Waals surface area contributed by atoms with Gasteiger partial charge in [-0.15, -0.1) is 11.3 Å². The maximum atomic E-state index is 13.9. The topological polar surface area (TPSA) is 54.3 Å². The van der Waals surface area contributed by atoms with Crippen LogP contribution in [0.2, 0.25) is 5.02 Å². The van der Waals surface area contributed by atoms with Crippen LogP contribution in [0.4, 0.5) is 5.69 Å². The van der Waals surface area contributed by atoms with Gasteiger partial charge in [0.25, 0.3) is 5.91 Å². The zero-order valence-corrected chi connectivity index (χ0v) is 20.2. The fourth-order valence-electron chi connectivity index (χ4n) is 5.27. The summed E-state index contributed by atoms with van der Waals surface area (Å²) in [6.07, 6.45) is 4.44. The number of rotatable bonds is 3. The molecule has 0 bridgehead atoms. The van der Waals surface area contributed by atoms with Gasteiger partial charge in [-0.2, -0.15) is 0 Å². The Morgan fingerprint density at radius 3 is 2.78 bits per heavy atom. The quantitative estimate of drug-likeness (QED) is 0.528. The van der Waals surface area contributed by atoms with Crippen LogP contribution in [0.3, 0.4) is 0 Å². The standard InChI is InChI=1S/C25H28ClN3O2S/c1-15-6-4-5-7-18(15)27-24(31)25(3)14-28-19-10-11-32-22(19)13-21(28)23(30)29(25)20-12-17(26)9-8-16(20)2/h8-13,15,18H,4-7,14H2,1-3H3,(H,27,31)/t15-,18+,25-/m1/s1. The van der Waals surface area contributed by atoms with Crippen LogP contribution < -0.4 is 10.2 Å². The molecule has 1 N–H and O–H groups in total. The minimum absolute atomic E-state index is 0.105. The zero-order valence-electron chi connectivity index (χ0n) is 18.7. The molecule has 0 unspecified atom stereocenters. The molecule has 0 saturated heterocycles. The third kappa shape index (κ3) is 3.35. The van der Waals surface area contributed by atoms with E-state index in [1.807, 2.05) is 48.1 Å². The van der Waals surface area contributed by atoms with E-state index in [1.54, 1.807) is 22.3 Å². The molecule has 1 aliphatic carbocycles. The molecule has 168 valence electrons. The highest BCUT2D eigenvalue weighted by Gasteiger charge is 2.49. The van der Waals surface area contributed by atoms with Gasteiger partial charge >= 0.3 is 0 Å². The minimum atomic E-state index is -1.08. The number of hydrogen-bond donors (Lipinski definition) is 1. The molecule has 1 aliphatic heterocycles. The molecule has 1 fully saturated rings. The molecule has 3 atom stereocenters. The Bertz CT molecular complexity index is 1220. The van der Waals surface area contributed by atoms with Crippen molar-refractivity contribution in [3.8, 4) is 0 Å². The second kappa shape index (κ2) is 7.92. The number of aryl methyl sites for hydroxylation is 1. The van der Waals surface area contributed by atoms with Crippen molar-refractivity contribution < 1.29 is 9.59 Å². The molecule has 2 aromatic heterocycles. The highest BCUT2D eigenvalue weighted by atomic mass is 35.5. The van der Waals surface area contributed by atoms with Crippen LogP contribution in [0.15, 0.2) is 35.7 Å². The van der Waals surface area contributed by atoms with Gasteiger partial charge in [-0.1, -0.05) is 37.4 Å². The molecule has 2 amide bonds. The van der Waals surface area contributed by atoms with Crippen LogP contribution in [0.1, 0.15) is 55.6 Å². The molecule has 1 saturated carbocycles. The van der Waals surface area contributed by atoms with Crippen molar-refractivity contribution in [3.05, 3.63) is 52.0 Å². The van der Waals surface area contributed by atoms with E-state index in [4.69, 9.17) is 11.6 Å². The molecule has 1 aromatic carbocycles. The first-order valence-electron chi connectivity index (χ1n) is 11.3. The number of aromatic nitrogens is 1. The Kier molecular flexibility index (Phi) is 5.33. The Morgan fingerprint density at radius 2 is 2.00 bits per heavy atom. The fourth-order valence-corrected chi connectivity index (χ4v) is 6.26. The molecule has 0 radical (unpaired) electrons. The van der Waals surface area contributed by atoms with E-state index in [0.29, 0.717) is 28.9 Å². The van der Waals surface area contributed by atoms with Gasteiger partial charge in [0.2, 0.25) is 5.91 Å². The van der Waals surface area contributed by atoms with Gasteiger partial charge in [0, 0.05) is 16.8 Å². The summed E-state index contributed by atoms with van der Waals surface area (Å²) >= 11 is 7.95. The first-order valence-corrected chi connectivity index (χ1v) is 12.5. The van der Waals surface area contributed by atoms with Crippen molar-refractivity contribution in [2.45, 2.75) is 64.6 Å². The summed E-state index contributed by atoms with van der Waals surface area (Å²) in [5, 5.41) is 5.89. The average Bonchev–Trinajstić information content (AvgIpc) is 3.35. The lowest BCUT2D eigenvalue weighted by atomic mass is 9.84. The molecule has 3 aromatic rings. The Hall–Kier alpha value is -2.31. The van der Waals surface area contributed by atoms with Gasteiger partial charge in [0.05, 0.1) is 16.8 Å². The Balaban J connectivity index is 1.62. The molecule has 5 nitrogen and oxygen atoms in total. The number of benzene rings is 1. The van der Waals surface area contributed by atoms with Crippen LogP contribution in [0, 0.1) is 12.8 Å². The summed E-state index contributed by atoms with van der Waals surface area (Å²) in [6, 6.07) is 9.62. The molecular formula is C25H28ClN3O2S. The van der Waals surface area contributed by atoms with Crippen molar-refractivity contribution in [1.82, 2.24) is 9.88 Å². The molecular weight excluding hydrogens is 442 g/mol. The van der Waals surface area contributed by atoms with E-state index in [1.165, 1.54) is 6.42 Å². The summed E-state index contributed by atoms with van der Waals surface area (Å²) < 4.78 is 3.07. The number of nitrogens with one attached hydrogen (secondary N) is 1. The highest BCUT2D eigenvalue weighted by Crippen LogP contribution is 2.39. The van der Waals surface area contributed by atoms with Crippen molar-refractivity contribution >= 4 is 50.7 Å². The van der Waals surface area contributed by atoms with E-state index in [-0.39, 0.29) is 17.9 Å². The van der Waals surface area contributed by atoms with Crippen molar-refractivity contribution in [2.24, 2.45) is 5.92 Å². The second-order valence-corrected chi connectivity index (χ2v) is 10.9. The lowest BCUT2D eigenvalue weighted by Crippen LogP contribution is -2.66. The van der Waals surface area contributed by atoms with Crippen LogP contribution in [0.25, 0.3) is 10.2 Å². The van der Waals surface area contributed by atoms with E-state index in [0.717, 1.165) is 35.0 Å². The number of carbonyl (C=O) groups excluding carboxylic acids is 2. The number of amides is 2. The third-order valence-corrected chi connectivity index (χ3v) is 8.32. The third-order valence-electron chi connectivity index (χ3n) is 7.23. The normalized spacial score (nSPS) is 25.8. The Morgan fingerprint density at radius 1 is 1.22 bits per heavy atom. The summed E-state index contributed by atoms with van der Waals surface area (Å²) in [4.78, 5) is 29.5. The predicted octanol–water partition coefficient (Wildman–Crippen LogP) is 5.78. The van der Waals surface area contributed by atoms with E-state index >= 15 is 0 Å². The molecule has 7 heteroatoms. The van der Waals surface area contributed by atoms with Gasteiger partial charge in [-0.3, -0.25) is 14.5 Å². The number of thiophene rings is 1. The maximum absolute atomic E-state index is 13.9. The molecule has 2 aliphatic rings. The van der Waals surface area contributed by atoms with E-state index in [2.05, 4.69) is 12.2 Å². The first-order chi connectivity index (χ1) is 15.3. The van der Waals surface area contributed by atoms with Crippen LogP contribution in [-0.4, -0.2) is 28.0 Å². The number of nitrogens with zero attached hydrogens (tertiary/aromatic N) is 2. The number of carbonyl (C=O) groups is 2. The average molecular weight is 470 g/mol. The monoisotopic (exact) mass is 469 g/mol. The minimum Gasteiger partial charge on any atom is -0.351 e. The largest absolute Gasteiger partial charge is 0.351 e. The molecule has 5 rings (SSSR count). The lowest BCUT2D eigenvalue weighted by molar-refractivity contribution is -0.127. The summed E-state index contributed by atoms with van der Waals surface area (Å²) in [5.41, 5.74) is 2.14.